The highest BCUT2D eigenvalue weighted by atomic mass is 127. The van der Waals surface area contributed by atoms with E-state index in [1.165, 1.54) is 0 Å². The average Bonchev–Trinajstić information content (AvgIpc) is 2.94. The molecule has 8 heteroatoms. The number of guanidine groups is 1. The Morgan fingerprint density at radius 3 is 2.70 bits per heavy atom. The molecular weight excluding hydrogens is 409 g/mol. The van der Waals surface area contributed by atoms with Gasteiger partial charge in [-0.2, -0.15) is 5.10 Å². The molecule has 130 valence electrons. The first kappa shape index (κ1) is 19.7. The molecule has 2 rings (SSSR count). The Kier molecular flexibility index (Phi) is 8.35. The largest absolute Gasteiger partial charge is 0.466 e. The standard InChI is InChI=1S/C15H25N5O2.HI/c1-4-22-14(21)13-5-7-20(8-6-13)15(16-2)17-9-12-10-18-19(3)11-12;/h10-11,13H,4-9H2,1-3H3,(H,16,17);1H. The van der Waals surface area contributed by atoms with E-state index in [0.29, 0.717) is 13.2 Å². The second kappa shape index (κ2) is 9.74. The number of ether oxygens (including phenoxy) is 1. The smallest absolute Gasteiger partial charge is 0.309 e. The van der Waals surface area contributed by atoms with E-state index < -0.39 is 0 Å². The zero-order valence-electron chi connectivity index (χ0n) is 14.0. The Morgan fingerprint density at radius 2 is 2.17 bits per heavy atom. The molecule has 0 bridgehead atoms. The van der Waals surface area contributed by atoms with Gasteiger partial charge in [0.15, 0.2) is 5.96 Å². The van der Waals surface area contributed by atoms with Crippen LogP contribution in [-0.4, -0.2) is 53.4 Å². The highest BCUT2D eigenvalue weighted by molar-refractivity contribution is 14.0. The van der Waals surface area contributed by atoms with Crippen molar-refractivity contribution in [3.63, 3.8) is 0 Å². The van der Waals surface area contributed by atoms with Crippen LogP contribution in [0.3, 0.4) is 0 Å². The van der Waals surface area contributed by atoms with Crippen molar-refractivity contribution in [2.75, 3.05) is 26.7 Å². The second-order valence-electron chi connectivity index (χ2n) is 5.44. The second-order valence-corrected chi connectivity index (χ2v) is 5.44. The zero-order valence-corrected chi connectivity index (χ0v) is 16.3. The Bertz CT molecular complexity index is 524. The van der Waals surface area contributed by atoms with E-state index in [9.17, 15) is 4.79 Å². The maximum absolute atomic E-state index is 11.8. The lowest BCUT2D eigenvalue weighted by Gasteiger charge is -2.33. The van der Waals surface area contributed by atoms with Crippen LogP contribution in [0.5, 0.6) is 0 Å². The quantitative estimate of drug-likeness (QED) is 0.335. The predicted molar refractivity (Wildman–Crippen MR) is 99.8 cm³/mol. The maximum Gasteiger partial charge on any atom is 0.309 e. The van der Waals surface area contributed by atoms with E-state index >= 15 is 0 Å². The molecule has 1 N–H and O–H groups in total. The number of piperidine rings is 1. The predicted octanol–water partition coefficient (Wildman–Crippen LogP) is 1.39. The number of nitrogens with one attached hydrogen (secondary N) is 1. The molecule has 0 atom stereocenters. The van der Waals surface area contributed by atoms with Crippen molar-refractivity contribution < 1.29 is 9.53 Å². The molecule has 0 amide bonds. The van der Waals surface area contributed by atoms with Gasteiger partial charge in [0.05, 0.1) is 18.7 Å². The van der Waals surface area contributed by atoms with E-state index in [2.05, 4.69) is 20.3 Å². The molecule has 7 nitrogen and oxygen atoms in total. The van der Waals surface area contributed by atoms with Gasteiger partial charge in [-0.3, -0.25) is 14.5 Å². The molecule has 0 aromatic carbocycles. The molecule has 1 aromatic rings. The number of halogens is 1. The van der Waals surface area contributed by atoms with Crippen LogP contribution in [0.25, 0.3) is 0 Å². The number of carbonyl (C=O) groups is 1. The minimum Gasteiger partial charge on any atom is -0.466 e. The van der Waals surface area contributed by atoms with Crippen LogP contribution in [0, 0.1) is 5.92 Å². The number of aliphatic imine (C=N–C) groups is 1. The molecule has 0 unspecified atom stereocenters. The molecule has 0 radical (unpaired) electrons. The van der Waals surface area contributed by atoms with Gasteiger partial charge in [-0.05, 0) is 19.8 Å². The highest BCUT2D eigenvalue weighted by Gasteiger charge is 2.27. The zero-order chi connectivity index (χ0) is 15.9. The van der Waals surface area contributed by atoms with Gasteiger partial charge in [-0.1, -0.05) is 0 Å². The van der Waals surface area contributed by atoms with Crippen molar-refractivity contribution in [1.29, 1.82) is 0 Å². The fraction of sp³-hybridized carbons (Fsp3) is 0.667. The minimum atomic E-state index is -0.0690. The van der Waals surface area contributed by atoms with Crippen molar-refractivity contribution in [2.45, 2.75) is 26.3 Å². The molecule has 2 heterocycles. The number of aryl methyl sites for hydroxylation is 1. The first-order valence-corrected chi connectivity index (χ1v) is 7.73. The third kappa shape index (κ3) is 5.67. The van der Waals surface area contributed by atoms with Crippen molar-refractivity contribution >= 4 is 35.9 Å². The molecule has 1 aliphatic heterocycles. The van der Waals surface area contributed by atoms with Crippen LogP contribution in [0.4, 0.5) is 0 Å². The average molecular weight is 435 g/mol. The monoisotopic (exact) mass is 435 g/mol. The van der Waals surface area contributed by atoms with Crippen LogP contribution in [0.1, 0.15) is 25.3 Å². The van der Waals surface area contributed by atoms with Crippen molar-refractivity contribution in [3.05, 3.63) is 18.0 Å². The van der Waals surface area contributed by atoms with Crippen LogP contribution in [0.2, 0.25) is 0 Å². The van der Waals surface area contributed by atoms with Gasteiger partial charge in [0, 0.05) is 45.5 Å². The fourth-order valence-electron chi connectivity index (χ4n) is 2.66. The third-order valence-corrected chi connectivity index (χ3v) is 3.84. The van der Waals surface area contributed by atoms with Gasteiger partial charge in [0.25, 0.3) is 0 Å². The summed E-state index contributed by atoms with van der Waals surface area (Å²) < 4.78 is 6.88. The number of aromatic nitrogens is 2. The number of nitrogens with zero attached hydrogens (tertiary/aromatic N) is 4. The number of hydrogen-bond acceptors (Lipinski definition) is 4. The van der Waals surface area contributed by atoms with Gasteiger partial charge in [0.2, 0.25) is 0 Å². The van der Waals surface area contributed by atoms with E-state index in [-0.39, 0.29) is 35.9 Å². The van der Waals surface area contributed by atoms with E-state index in [4.69, 9.17) is 4.74 Å². The lowest BCUT2D eigenvalue weighted by atomic mass is 9.97. The summed E-state index contributed by atoms with van der Waals surface area (Å²) in [7, 11) is 3.68. The topological polar surface area (TPSA) is 71.8 Å². The molecule has 1 fully saturated rings. The lowest BCUT2D eigenvalue weighted by molar-refractivity contribution is -0.149. The number of carbonyl (C=O) groups excluding carboxylic acids is 1. The van der Waals surface area contributed by atoms with Crippen molar-refractivity contribution in [2.24, 2.45) is 18.0 Å². The Labute approximate surface area is 154 Å². The summed E-state index contributed by atoms with van der Waals surface area (Å²) in [6.07, 6.45) is 5.44. The SMILES string of the molecule is CCOC(=O)C1CCN(C(=NC)NCc2cnn(C)c2)CC1.I. The Morgan fingerprint density at radius 1 is 1.48 bits per heavy atom. The molecule has 23 heavy (non-hydrogen) atoms. The van der Waals surface area contributed by atoms with Crippen LogP contribution in [-0.2, 0) is 23.1 Å². The van der Waals surface area contributed by atoms with Crippen molar-refractivity contribution in [3.8, 4) is 0 Å². The van der Waals surface area contributed by atoms with E-state index in [1.807, 2.05) is 26.4 Å². The van der Waals surface area contributed by atoms with E-state index in [0.717, 1.165) is 37.5 Å². The minimum absolute atomic E-state index is 0. The van der Waals surface area contributed by atoms with Crippen LogP contribution >= 0.6 is 24.0 Å². The summed E-state index contributed by atoms with van der Waals surface area (Å²) in [5, 5.41) is 7.50. The molecule has 1 aliphatic rings. The maximum atomic E-state index is 11.8. The number of esters is 1. The summed E-state index contributed by atoms with van der Waals surface area (Å²) in [6, 6.07) is 0. The number of likely N-dealkylation sites (tertiary alicyclic amines) is 1. The molecule has 0 aliphatic carbocycles. The van der Waals surface area contributed by atoms with Gasteiger partial charge in [0.1, 0.15) is 0 Å². The Balaban J connectivity index is 0.00000264. The fourth-order valence-corrected chi connectivity index (χ4v) is 2.66. The highest BCUT2D eigenvalue weighted by Crippen LogP contribution is 2.18. The van der Waals surface area contributed by atoms with Crippen LogP contribution in [0.15, 0.2) is 17.4 Å². The van der Waals surface area contributed by atoms with E-state index in [1.54, 1.807) is 11.7 Å². The van der Waals surface area contributed by atoms with Gasteiger partial charge < -0.3 is 15.0 Å². The molecule has 1 aromatic heterocycles. The summed E-state index contributed by atoms with van der Waals surface area (Å²) in [6.45, 7) is 4.62. The normalized spacial score (nSPS) is 16.0. The lowest BCUT2D eigenvalue weighted by Crippen LogP contribution is -2.46. The first-order valence-electron chi connectivity index (χ1n) is 7.73. The van der Waals surface area contributed by atoms with Gasteiger partial charge in [-0.15, -0.1) is 24.0 Å². The van der Waals surface area contributed by atoms with Crippen LogP contribution < -0.4 is 5.32 Å². The summed E-state index contributed by atoms with van der Waals surface area (Å²) >= 11 is 0. The molecule has 1 saturated heterocycles. The molecular formula is C15H26IN5O2. The number of rotatable bonds is 4. The summed E-state index contributed by atoms with van der Waals surface area (Å²) in [5.74, 6) is 0.819. The van der Waals surface area contributed by atoms with Gasteiger partial charge >= 0.3 is 5.97 Å². The van der Waals surface area contributed by atoms with Crippen molar-refractivity contribution in [1.82, 2.24) is 20.0 Å². The Hall–Kier alpha value is -1.32. The molecule has 0 spiro atoms. The molecule has 0 saturated carbocycles. The third-order valence-electron chi connectivity index (χ3n) is 3.84. The first-order chi connectivity index (χ1) is 10.6. The van der Waals surface area contributed by atoms with Gasteiger partial charge in [-0.25, -0.2) is 0 Å². The summed E-state index contributed by atoms with van der Waals surface area (Å²) in [4.78, 5) is 18.3. The summed E-state index contributed by atoms with van der Waals surface area (Å²) in [5.41, 5.74) is 1.12. The number of hydrogen-bond donors (Lipinski definition) is 1.